The largest absolute Gasteiger partial charge is 3.00 e. The average Bonchev–Trinajstić information content (AvgIpc) is 2.32. The molecule has 0 saturated carbocycles. The number of pyridine rings is 2. The molecule has 4 heteroatoms. The maximum absolute atomic E-state index is 4.39. The van der Waals surface area contributed by atoms with Crippen molar-refractivity contribution in [1.29, 1.82) is 0 Å². The minimum absolute atomic E-state index is 0. The molecule has 0 saturated heterocycles. The third-order valence-electron chi connectivity index (χ3n) is 2.00. The van der Waals surface area contributed by atoms with Gasteiger partial charge in [-0.3, -0.25) is 9.97 Å². The van der Waals surface area contributed by atoms with Gasteiger partial charge in [-0.25, -0.2) is 0 Å². The second-order valence-electron chi connectivity index (χ2n) is 3.18. The van der Waals surface area contributed by atoms with Gasteiger partial charge >= 0.3 is 17.4 Å². The second kappa shape index (κ2) is 10.9. The van der Waals surface area contributed by atoms with Gasteiger partial charge in [0.15, 0.2) is 0 Å². The fourth-order valence-electron chi connectivity index (χ4n) is 1.27. The molecule has 0 bridgehead atoms. The molecule has 0 unspecified atom stereocenters. The molecule has 0 radical (unpaired) electrons. The summed E-state index contributed by atoms with van der Waals surface area (Å²) in [5, 5.41) is 4.39. The zero-order chi connectivity index (χ0) is 10.3. The van der Waals surface area contributed by atoms with Crippen LogP contribution in [0.3, 0.4) is 0 Å². The summed E-state index contributed by atoms with van der Waals surface area (Å²) in [5.41, 5.74) is 1.99. The van der Waals surface area contributed by atoms with Crippen molar-refractivity contribution < 1.29 is 0 Å². The van der Waals surface area contributed by atoms with Crippen LogP contribution in [0.1, 0.15) is 11.4 Å². The van der Waals surface area contributed by atoms with Crippen LogP contribution in [0.25, 0.3) is 5.32 Å². The Labute approximate surface area is 121 Å². The third-order valence-corrected chi connectivity index (χ3v) is 2.00. The summed E-state index contributed by atoms with van der Waals surface area (Å²) < 4.78 is 0. The van der Waals surface area contributed by atoms with Crippen molar-refractivity contribution in [2.24, 2.45) is 0 Å². The first kappa shape index (κ1) is 19.1. The van der Waals surface area contributed by atoms with E-state index in [1.54, 1.807) is 12.4 Å². The maximum atomic E-state index is 4.39. The monoisotopic (exact) mass is 255 g/mol. The van der Waals surface area contributed by atoms with Gasteiger partial charge in [0, 0.05) is 23.8 Å². The van der Waals surface area contributed by atoms with Gasteiger partial charge in [-0.2, -0.15) is 0 Å². The zero-order valence-corrected chi connectivity index (χ0v) is 12.1. The molecule has 0 N–H and O–H groups in total. The number of hydrogen-bond acceptors (Lipinski definition) is 2. The Hall–Kier alpha value is -1.21. The predicted molar refractivity (Wildman–Crippen MR) is 77.8 cm³/mol. The summed E-state index contributed by atoms with van der Waals surface area (Å²) in [5.74, 6) is 0. The molecule has 0 atom stereocenters. The van der Waals surface area contributed by atoms with Gasteiger partial charge in [-0.05, 0) is 24.3 Å². The minimum Gasteiger partial charge on any atom is -0.652 e. The van der Waals surface area contributed by atoms with Crippen molar-refractivity contribution in [3.8, 4) is 0 Å². The molecule has 0 aliphatic carbocycles. The van der Waals surface area contributed by atoms with E-state index in [4.69, 9.17) is 0 Å². The molecule has 0 fully saturated rings. The van der Waals surface area contributed by atoms with E-state index in [1.807, 2.05) is 36.4 Å². The molecule has 0 aliphatic heterocycles. The van der Waals surface area contributed by atoms with Crippen molar-refractivity contribution in [1.82, 2.24) is 9.97 Å². The Kier molecular flexibility index (Phi) is 11.6. The molecule has 2 rings (SSSR count). The normalized spacial score (nSPS) is 8.44. The Morgan fingerprint density at radius 3 is 1.56 bits per heavy atom. The molecular formula is C14H18AlN3. The standard InChI is InChI=1S/C12H12N3.2CH3.Al/c1-3-7-14-11(5-1)9-13-10-12-6-2-4-8-15-12;;;/h1-8H,9-10H2;2*1H3;/q3*-1;+3. The van der Waals surface area contributed by atoms with Crippen LogP contribution in [0.15, 0.2) is 48.8 Å². The van der Waals surface area contributed by atoms with Crippen molar-refractivity contribution in [3.63, 3.8) is 0 Å². The number of nitrogens with zero attached hydrogens (tertiary/aromatic N) is 3. The van der Waals surface area contributed by atoms with E-state index in [0.717, 1.165) is 11.4 Å². The second-order valence-corrected chi connectivity index (χ2v) is 3.18. The van der Waals surface area contributed by atoms with Crippen molar-refractivity contribution >= 4 is 17.4 Å². The van der Waals surface area contributed by atoms with E-state index in [9.17, 15) is 0 Å². The topological polar surface area (TPSA) is 39.9 Å². The van der Waals surface area contributed by atoms with Crippen LogP contribution in [0.4, 0.5) is 0 Å². The minimum atomic E-state index is 0. The number of aromatic nitrogens is 2. The van der Waals surface area contributed by atoms with Crippen LogP contribution in [0.5, 0.6) is 0 Å². The van der Waals surface area contributed by atoms with E-state index in [2.05, 4.69) is 15.3 Å². The fourth-order valence-corrected chi connectivity index (χ4v) is 1.27. The number of rotatable bonds is 4. The van der Waals surface area contributed by atoms with Gasteiger partial charge in [0.05, 0.1) is 0 Å². The fraction of sp³-hybridized carbons (Fsp3) is 0.143. The average molecular weight is 255 g/mol. The van der Waals surface area contributed by atoms with Crippen molar-refractivity contribution in [2.75, 3.05) is 0 Å². The molecule has 2 aromatic heterocycles. The summed E-state index contributed by atoms with van der Waals surface area (Å²) >= 11 is 0. The summed E-state index contributed by atoms with van der Waals surface area (Å²) in [6.45, 7) is 1.30. The zero-order valence-electron chi connectivity index (χ0n) is 11.0. The first-order chi connectivity index (χ1) is 7.45. The molecule has 92 valence electrons. The van der Waals surface area contributed by atoms with Crippen LogP contribution in [-0.4, -0.2) is 27.3 Å². The summed E-state index contributed by atoms with van der Waals surface area (Å²) in [6, 6.07) is 11.7. The third kappa shape index (κ3) is 6.51. The van der Waals surface area contributed by atoms with Gasteiger partial charge in [0.25, 0.3) is 0 Å². The van der Waals surface area contributed by atoms with Crippen LogP contribution in [0, 0.1) is 14.9 Å². The molecule has 0 aliphatic rings. The van der Waals surface area contributed by atoms with Gasteiger partial charge in [-0.1, -0.05) is 12.1 Å². The van der Waals surface area contributed by atoms with E-state index in [0.29, 0.717) is 13.1 Å². The predicted octanol–water partition coefficient (Wildman–Crippen LogP) is 3.07. The quantitative estimate of drug-likeness (QED) is 0.622. The Morgan fingerprint density at radius 2 is 1.22 bits per heavy atom. The molecule has 2 heterocycles. The van der Waals surface area contributed by atoms with E-state index in [-0.39, 0.29) is 32.2 Å². The van der Waals surface area contributed by atoms with Crippen LogP contribution >= 0.6 is 0 Å². The van der Waals surface area contributed by atoms with Crippen LogP contribution < -0.4 is 0 Å². The van der Waals surface area contributed by atoms with Gasteiger partial charge in [0.1, 0.15) is 0 Å². The van der Waals surface area contributed by atoms with Crippen molar-refractivity contribution in [3.05, 3.63) is 80.3 Å². The summed E-state index contributed by atoms with van der Waals surface area (Å²) in [7, 11) is 0. The van der Waals surface area contributed by atoms with Crippen molar-refractivity contribution in [2.45, 2.75) is 13.1 Å². The number of hydrogen-bond donors (Lipinski definition) is 0. The molecule has 0 aromatic carbocycles. The maximum Gasteiger partial charge on any atom is 3.00 e. The Balaban J connectivity index is 0. The molecule has 0 amide bonds. The SMILES string of the molecule is [Al+3].[CH3-].[CH3-].c1ccc(C[N-]Cc2ccccn2)nc1. The van der Waals surface area contributed by atoms with Crippen LogP contribution in [0.2, 0.25) is 0 Å². The molecule has 3 nitrogen and oxygen atoms in total. The molecule has 18 heavy (non-hydrogen) atoms. The molecule has 2 aromatic rings. The first-order valence-corrected chi connectivity index (χ1v) is 4.88. The molecule has 0 spiro atoms. The Morgan fingerprint density at radius 1 is 0.778 bits per heavy atom. The smallest absolute Gasteiger partial charge is 0.652 e. The van der Waals surface area contributed by atoms with Gasteiger partial charge in [0.2, 0.25) is 0 Å². The Bertz CT molecular complexity index is 353. The van der Waals surface area contributed by atoms with Gasteiger partial charge < -0.3 is 20.2 Å². The van der Waals surface area contributed by atoms with Crippen LogP contribution in [-0.2, 0) is 13.1 Å². The summed E-state index contributed by atoms with van der Waals surface area (Å²) in [4.78, 5) is 8.39. The van der Waals surface area contributed by atoms with Gasteiger partial charge in [-0.15, -0.1) is 13.1 Å². The van der Waals surface area contributed by atoms with E-state index < -0.39 is 0 Å². The first-order valence-electron chi connectivity index (χ1n) is 4.88. The molecular weight excluding hydrogens is 237 g/mol. The van der Waals surface area contributed by atoms with E-state index in [1.165, 1.54) is 0 Å². The van der Waals surface area contributed by atoms with E-state index >= 15 is 0 Å². The summed E-state index contributed by atoms with van der Waals surface area (Å²) in [6.07, 6.45) is 3.57.